The number of aromatic nitrogens is 2. The van der Waals surface area contributed by atoms with Gasteiger partial charge in [-0.05, 0) is 30.3 Å². The number of carbonyl (C=O) groups is 1. The fourth-order valence-corrected chi connectivity index (χ4v) is 2.75. The summed E-state index contributed by atoms with van der Waals surface area (Å²) in [7, 11) is 0. The maximum Gasteiger partial charge on any atom is 0.271 e. The lowest BCUT2D eigenvalue weighted by molar-refractivity contribution is -0.384. The predicted molar refractivity (Wildman–Crippen MR) is 103 cm³/mol. The largest absolute Gasteiger partial charge is 0.338 e. The first-order valence-electron chi connectivity index (χ1n) is 8.21. The molecule has 7 heteroatoms. The van der Waals surface area contributed by atoms with Gasteiger partial charge in [0.25, 0.3) is 11.6 Å². The molecule has 27 heavy (non-hydrogen) atoms. The molecule has 2 N–H and O–H groups in total. The molecule has 0 saturated carbocycles. The number of nitro groups is 1. The van der Waals surface area contributed by atoms with Crippen molar-refractivity contribution < 1.29 is 9.72 Å². The molecule has 0 spiro atoms. The number of nitrogens with one attached hydrogen (secondary N) is 2. The second-order valence-corrected chi connectivity index (χ2v) is 5.94. The van der Waals surface area contributed by atoms with E-state index < -0.39 is 4.92 Å². The molecule has 0 aliphatic carbocycles. The molecule has 1 heterocycles. The second kappa shape index (κ2) is 6.72. The van der Waals surface area contributed by atoms with E-state index in [-0.39, 0.29) is 11.6 Å². The van der Waals surface area contributed by atoms with Crippen molar-refractivity contribution in [1.29, 1.82) is 0 Å². The van der Waals surface area contributed by atoms with Crippen LogP contribution in [0.2, 0.25) is 0 Å². The summed E-state index contributed by atoms with van der Waals surface area (Å²) in [5.41, 5.74) is 3.27. The van der Waals surface area contributed by atoms with Crippen LogP contribution in [-0.2, 0) is 0 Å². The van der Waals surface area contributed by atoms with Gasteiger partial charge in [0.2, 0.25) is 0 Å². The summed E-state index contributed by atoms with van der Waals surface area (Å²) < 4.78 is 0. The van der Waals surface area contributed by atoms with Crippen LogP contribution in [0.15, 0.2) is 72.8 Å². The molecule has 1 amide bonds. The summed E-state index contributed by atoms with van der Waals surface area (Å²) in [5, 5.41) is 13.7. The minimum atomic E-state index is -0.444. The topological polar surface area (TPSA) is 101 Å². The van der Waals surface area contributed by atoms with Gasteiger partial charge in [0.15, 0.2) is 0 Å². The minimum Gasteiger partial charge on any atom is -0.338 e. The number of anilines is 1. The number of imidazole rings is 1. The predicted octanol–water partition coefficient (Wildman–Crippen LogP) is 4.39. The lowest BCUT2D eigenvalue weighted by Gasteiger charge is -2.05. The van der Waals surface area contributed by atoms with Crippen molar-refractivity contribution >= 4 is 28.3 Å². The molecule has 132 valence electrons. The Kier molecular flexibility index (Phi) is 4.10. The van der Waals surface area contributed by atoms with Gasteiger partial charge in [0.05, 0.1) is 16.0 Å². The first-order valence-corrected chi connectivity index (χ1v) is 8.21. The molecule has 0 bridgehead atoms. The molecule has 0 radical (unpaired) electrons. The van der Waals surface area contributed by atoms with Gasteiger partial charge in [0, 0.05) is 28.9 Å². The van der Waals surface area contributed by atoms with Gasteiger partial charge < -0.3 is 10.3 Å². The Labute approximate surface area is 153 Å². The highest BCUT2D eigenvalue weighted by atomic mass is 16.6. The molecule has 4 aromatic rings. The van der Waals surface area contributed by atoms with Crippen LogP contribution < -0.4 is 5.32 Å². The smallest absolute Gasteiger partial charge is 0.271 e. The van der Waals surface area contributed by atoms with E-state index in [0.29, 0.717) is 22.4 Å². The normalized spacial score (nSPS) is 10.7. The van der Waals surface area contributed by atoms with Crippen molar-refractivity contribution in [3.63, 3.8) is 0 Å². The maximum absolute atomic E-state index is 12.3. The number of rotatable bonds is 4. The lowest BCUT2D eigenvalue weighted by Crippen LogP contribution is -2.11. The first kappa shape index (κ1) is 16.5. The monoisotopic (exact) mass is 358 g/mol. The Balaban J connectivity index is 1.57. The van der Waals surface area contributed by atoms with Crippen molar-refractivity contribution in [3.05, 3.63) is 88.5 Å². The van der Waals surface area contributed by atoms with Crippen molar-refractivity contribution in [2.75, 3.05) is 5.32 Å². The highest BCUT2D eigenvalue weighted by Crippen LogP contribution is 2.24. The Morgan fingerprint density at radius 2 is 1.74 bits per heavy atom. The SMILES string of the molecule is O=C(Nc1ccccc1)c1ccc(-c2nc3ccc([N+](=O)[O-])cc3[nH]2)cc1. The third-order valence-corrected chi connectivity index (χ3v) is 4.13. The number of hydrogen-bond donors (Lipinski definition) is 2. The third-order valence-electron chi connectivity index (χ3n) is 4.13. The maximum atomic E-state index is 12.3. The van der Waals surface area contributed by atoms with Crippen LogP contribution in [0.3, 0.4) is 0 Å². The Morgan fingerprint density at radius 3 is 2.44 bits per heavy atom. The van der Waals surface area contributed by atoms with Gasteiger partial charge in [-0.15, -0.1) is 0 Å². The van der Waals surface area contributed by atoms with Crippen LogP contribution in [0, 0.1) is 10.1 Å². The number of amides is 1. The molecule has 0 unspecified atom stereocenters. The zero-order valence-corrected chi connectivity index (χ0v) is 14.0. The molecule has 3 aromatic carbocycles. The minimum absolute atomic E-state index is 0.00521. The number of benzene rings is 3. The quantitative estimate of drug-likeness (QED) is 0.417. The van der Waals surface area contributed by atoms with Crippen molar-refractivity contribution in [1.82, 2.24) is 9.97 Å². The Bertz CT molecular complexity index is 1140. The number of non-ortho nitro benzene ring substituents is 1. The highest BCUT2D eigenvalue weighted by Gasteiger charge is 2.12. The number of nitro benzene ring substituents is 1. The number of fused-ring (bicyclic) bond motifs is 1. The summed E-state index contributed by atoms with van der Waals surface area (Å²) in [5.74, 6) is 0.383. The van der Waals surface area contributed by atoms with E-state index in [1.807, 2.05) is 30.3 Å². The van der Waals surface area contributed by atoms with E-state index in [0.717, 1.165) is 11.3 Å². The van der Waals surface area contributed by atoms with Gasteiger partial charge in [-0.2, -0.15) is 0 Å². The molecule has 7 nitrogen and oxygen atoms in total. The molecule has 0 aliphatic rings. The van der Waals surface area contributed by atoms with Crippen LogP contribution >= 0.6 is 0 Å². The molecule has 0 atom stereocenters. The van der Waals surface area contributed by atoms with Crippen LogP contribution in [0.25, 0.3) is 22.4 Å². The average Bonchev–Trinajstić information content (AvgIpc) is 3.12. The Morgan fingerprint density at radius 1 is 1.00 bits per heavy atom. The van der Waals surface area contributed by atoms with E-state index in [1.165, 1.54) is 12.1 Å². The molecule has 0 saturated heterocycles. The zero-order valence-electron chi connectivity index (χ0n) is 14.0. The second-order valence-electron chi connectivity index (χ2n) is 5.94. The van der Waals surface area contributed by atoms with Gasteiger partial charge in [0.1, 0.15) is 5.82 Å². The summed E-state index contributed by atoms with van der Waals surface area (Å²) in [4.78, 5) is 30.3. The van der Waals surface area contributed by atoms with Crippen LogP contribution in [0.1, 0.15) is 10.4 Å². The first-order chi connectivity index (χ1) is 13.1. The zero-order chi connectivity index (χ0) is 18.8. The fraction of sp³-hybridized carbons (Fsp3) is 0. The van der Waals surface area contributed by atoms with Crippen molar-refractivity contribution in [2.24, 2.45) is 0 Å². The molecule has 1 aromatic heterocycles. The summed E-state index contributed by atoms with van der Waals surface area (Å²) in [6, 6.07) is 20.7. The lowest BCUT2D eigenvalue weighted by atomic mass is 10.1. The van der Waals surface area contributed by atoms with E-state index >= 15 is 0 Å². The number of carbonyl (C=O) groups excluding carboxylic acids is 1. The van der Waals surface area contributed by atoms with Crippen LogP contribution in [0.5, 0.6) is 0 Å². The number of nitrogens with zero attached hydrogens (tertiary/aromatic N) is 2. The number of aromatic amines is 1. The molecule has 0 aliphatic heterocycles. The molecule has 4 rings (SSSR count). The summed E-state index contributed by atoms with van der Waals surface area (Å²) >= 11 is 0. The van der Waals surface area contributed by atoms with E-state index in [4.69, 9.17) is 0 Å². The third kappa shape index (κ3) is 3.38. The standard InChI is InChI=1S/C20H14N4O3/c25-20(21-15-4-2-1-3-5-15)14-8-6-13(7-9-14)19-22-17-11-10-16(24(26)27)12-18(17)23-19/h1-12H,(H,21,25)(H,22,23). The van der Waals surface area contributed by atoms with Gasteiger partial charge in [-0.3, -0.25) is 14.9 Å². The molecular formula is C20H14N4O3. The van der Waals surface area contributed by atoms with Gasteiger partial charge in [-0.1, -0.05) is 30.3 Å². The molecule has 0 fully saturated rings. The van der Waals surface area contributed by atoms with Gasteiger partial charge in [-0.25, -0.2) is 4.98 Å². The summed E-state index contributed by atoms with van der Waals surface area (Å²) in [6.45, 7) is 0. The number of para-hydroxylation sites is 1. The average molecular weight is 358 g/mol. The van der Waals surface area contributed by atoms with Gasteiger partial charge >= 0.3 is 0 Å². The van der Waals surface area contributed by atoms with E-state index in [9.17, 15) is 14.9 Å². The van der Waals surface area contributed by atoms with Crippen LogP contribution in [-0.4, -0.2) is 20.8 Å². The fourth-order valence-electron chi connectivity index (χ4n) is 2.75. The van der Waals surface area contributed by atoms with Crippen LogP contribution in [0.4, 0.5) is 11.4 Å². The Hall–Kier alpha value is -4.00. The van der Waals surface area contributed by atoms with E-state index in [1.54, 1.807) is 30.3 Å². The number of hydrogen-bond acceptors (Lipinski definition) is 4. The highest BCUT2D eigenvalue weighted by molar-refractivity contribution is 6.04. The van der Waals surface area contributed by atoms with Crippen molar-refractivity contribution in [2.45, 2.75) is 0 Å². The van der Waals surface area contributed by atoms with E-state index in [2.05, 4.69) is 15.3 Å². The molecular weight excluding hydrogens is 344 g/mol. The summed E-state index contributed by atoms with van der Waals surface area (Å²) in [6.07, 6.45) is 0. The number of H-pyrrole nitrogens is 1. The van der Waals surface area contributed by atoms with Crippen molar-refractivity contribution in [3.8, 4) is 11.4 Å².